The standard InChI is InChI=1S/C12H10N2O2S/c15-17(16)13-14(11-7-3-1-4-8-11)12-9-5-2-6-10-12/h1-10H. The largest absolute Gasteiger partial charge is 0.333 e. The topological polar surface area (TPSA) is 49.7 Å². The average Bonchev–Trinajstić information content (AvgIpc) is 2.38. The Morgan fingerprint density at radius 3 is 1.53 bits per heavy atom. The van der Waals surface area contributed by atoms with Crippen LogP contribution < -0.4 is 5.01 Å². The summed E-state index contributed by atoms with van der Waals surface area (Å²) in [5.74, 6) is 0. The molecule has 0 atom stereocenters. The Kier molecular flexibility index (Phi) is 3.52. The molecular weight excluding hydrogens is 236 g/mol. The van der Waals surface area contributed by atoms with E-state index < -0.39 is 10.5 Å². The molecule has 2 rings (SSSR count). The summed E-state index contributed by atoms with van der Waals surface area (Å²) >= 11 is 0. The predicted octanol–water partition coefficient (Wildman–Crippen LogP) is 2.80. The summed E-state index contributed by atoms with van der Waals surface area (Å²) in [6.07, 6.45) is 0. The summed E-state index contributed by atoms with van der Waals surface area (Å²) in [7, 11) is -2.50. The maximum atomic E-state index is 10.7. The molecule has 17 heavy (non-hydrogen) atoms. The summed E-state index contributed by atoms with van der Waals surface area (Å²) in [5, 5.41) is 1.38. The molecule has 86 valence electrons. The van der Waals surface area contributed by atoms with Gasteiger partial charge in [0.1, 0.15) is 0 Å². The number of para-hydroxylation sites is 2. The van der Waals surface area contributed by atoms with Crippen LogP contribution in [0.25, 0.3) is 0 Å². The summed E-state index contributed by atoms with van der Waals surface area (Å²) in [5.41, 5.74) is 1.39. The van der Waals surface area contributed by atoms with Gasteiger partial charge in [0.2, 0.25) is 0 Å². The van der Waals surface area contributed by atoms with Crippen LogP contribution in [-0.2, 0) is 10.5 Å². The zero-order chi connectivity index (χ0) is 12.1. The third kappa shape index (κ3) is 2.92. The fourth-order valence-corrected chi connectivity index (χ4v) is 1.77. The van der Waals surface area contributed by atoms with E-state index in [1.807, 2.05) is 36.4 Å². The molecule has 0 saturated heterocycles. The van der Waals surface area contributed by atoms with Gasteiger partial charge in [0, 0.05) is 0 Å². The molecular formula is C12H10N2O2S. The highest BCUT2D eigenvalue weighted by molar-refractivity contribution is 7.61. The highest BCUT2D eigenvalue weighted by Gasteiger charge is 2.07. The van der Waals surface area contributed by atoms with Gasteiger partial charge in [-0.15, -0.1) is 0 Å². The van der Waals surface area contributed by atoms with E-state index in [2.05, 4.69) is 4.47 Å². The van der Waals surface area contributed by atoms with Gasteiger partial charge in [-0.05, 0) is 28.7 Å². The Morgan fingerprint density at radius 1 is 0.765 bits per heavy atom. The van der Waals surface area contributed by atoms with Crippen molar-refractivity contribution in [2.45, 2.75) is 0 Å². The number of hydrogen-bond acceptors (Lipinski definition) is 3. The number of benzene rings is 2. The van der Waals surface area contributed by atoms with Gasteiger partial charge in [0.15, 0.2) is 0 Å². The smallest absolute Gasteiger partial charge is 0.219 e. The van der Waals surface area contributed by atoms with Crippen molar-refractivity contribution in [3.05, 3.63) is 60.7 Å². The molecule has 0 N–H and O–H groups in total. The fraction of sp³-hybridized carbons (Fsp3) is 0. The molecule has 0 heterocycles. The van der Waals surface area contributed by atoms with Crippen molar-refractivity contribution in [3.63, 3.8) is 0 Å². The average molecular weight is 246 g/mol. The predicted molar refractivity (Wildman–Crippen MR) is 66.4 cm³/mol. The molecule has 0 fully saturated rings. The van der Waals surface area contributed by atoms with Crippen LogP contribution in [-0.4, -0.2) is 8.42 Å². The van der Waals surface area contributed by atoms with Crippen LogP contribution >= 0.6 is 0 Å². The van der Waals surface area contributed by atoms with Crippen LogP contribution in [0.4, 0.5) is 11.4 Å². The van der Waals surface area contributed by atoms with Crippen molar-refractivity contribution in [1.29, 1.82) is 0 Å². The van der Waals surface area contributed by atoms with Gasteiger partial charge >= 0.3 is 10.5 Å². The molecule has 0 aliphatic rings. The molecule has 0 aliphatic carbocycles. The summed E-state index contributed by atoms with van der Waals surface area (Å²) in [4.78, 5) is 0. The first-order chi connectivity index (χ1) is 8.27. The first-order valence-electron chi connectivity index (χ1n) is 4.98. The maximum absolute atomic E-state index is 10.7. The molecule has 0 saturated carbocycles. The van der Waals surface area contributed by atoms with Crippen LogP contribution in [0.1, 0.15) is 0 Å². The van der Waals surface area contributed by atoms with Crippen molar-refractivity contribution >= 4 is 21.9 Å². The highest BCUT2D eigenvalue weighted by atomic mass is 32.2. The lowest BCUT2D eigenvalue weighted by Gasteiger charge is -2.16. The Hall–Kier alpha value is -2.14. The van der Waals surface area contributed by atoms with E-state index in [-0.39, 0.29) is 0 Å². The lowest BCUT2D eigenvalue weighted by molar-refractivity contribution is 0.620. The van der Waals surface area contributed by atoms with E-state index in [0.29, 0.717) is 11.4 Å². The van der Waals surface area contributed by atoms with Crippen LogP contribution in [0.3, 0.4) is 0 Å². The van der Waals surface area contributed by atoms with Crippen LogP contribution in [0.15, 0.2) is 65.1 Å². The molecule has 2 aromatic carbocycles. The van der Waals surface area contributed by atoms with Crippen LogP contribution in [0, 0.1) is 0 Å². The molecule has 2 aromatic rings. The third-order valence-electron chi connectivity index (χ3n) is 2.15. The summed E-state index contributed by atoms with van der Waals surface area (Å²) < 4.78 is 25.1. The van der Waals surface area contributed by atoms with Crippen molar-refractivity contribution in [1.82, 2.24) is 0 Å². The molecule has 0 aliphatic heterocycles. The maximum Gasteiger partial charge on any atom is 0.333 e. The molecule has 4 nitrogen and oxygen atoms in total. The van der Waals surface area contributed by atoms with Gasteiger partial charge in [-0.3, -0.25) is 0 Å². The second-order valence-electron chi connectivity index (χ2n) is 3.28. The van der Waals surface area contributed by atoms with Crippen LogP contribution in [0.5, 0.6) is 0 Å². The van der Waals surface area contributed by atoms with Gasteiger partial charge in [0.05, 0.1) is 11.4 Å². The minimum atomic E-state index is -2.50. The second kappa shape index (κ2) is 5.27. The van der Waals surface area contributed by atoms with Crippen molar-refractivity contribution < 1.29 is 8.42 Å². The normalized spacial score (nSPS) is 9.65. The minimum Gasteiger partial charge on any atom is -0.219 e. The van der Waals surface area contributed by atoms with Gasteiger partial charge in [-0.1, -0.05) is 36.4 Å². The van der Waals surface area contributed by atoms with E-state index in [4.69, 9.17) is 0 Å². The third-order valence-corrected chi connectivity index (χ3v) is 2.45. The first-order valence-corrected chi connectivity index (χ1v) is 6.02. The van der Waals surface area contributed by atoms with E-state index >= 15 is 0 Å². The molecule has 5 heteroatoms. The van der Waals surface area contributed by atoms with Gasteiger partial charge in [-0.2, -0.15) is 8.42 Å². The zero-order valence-electron chi connectivity index (χ0n) is 8.89. The molecule has 0 bridgehead atoms. The van der Waals surface area contributed by atoms with E-state index in [0.717, 1.165) is 0 Å². The van der Waals surface area contributed by atoms with Crippen molar-refractivity contribution in [2.75, 3.05) is 5.01 Å². The lowest BCUT2D eigenvalue weighted by atomic mass is 10.2. The number of hydrogen-bond donors (Lipinski definition) is 0. The van der Waals surface area contributed by atoms with Gasteiger partial charge in [0.25, 0.3) is 0 Å². The van der Waals surface area contributed by atoms with Crippen molar-refractivity contribution in [2.24, 2.45) is 4.47 Å². The minimum absolute atomic E-state index is 0.697. The molecule has 0 amide bonds. The molecule has 0 aromatic heterocycles. The van der Waals surface area contributed by atoms with E-state index in [9.17, 15) is 8.42 Å². The van der Waals surface area contributed by atoms with Gasteiger partial charge in [-0.25, -0.2) is 5.01 Å². The van der Waals surface area contributed by atoms with E-state index in [1.165, 1.54) is 5.01 Å². The Bertz CT molecular complexity index is 562. The fourth-order valence-electron chi connectivity index (χ4n) is 1.45. The molecule has 0 unspecified atom stereocenters. The SMILES string of the molecule is O=S(=O)=NN(c1ccccc1)c1ccccc1. The number of anilines is 2. The number of nitrogens with zero attached hydrogens (tertiary/aromatic N) is 2. The van der Waals surface area contributed by atoms with Crippen LogP contribution in [0.2, 0.25) is 0 Å². The molecule has 0 spiro atoms. The monoisotopic (exact) mass is 246 g/mol. The Labute approximate surface area is 101 Å². The van der Waals surface area contributed by atoms with Crippen molar-refractivity contribution in [3.8, 4) is 0 Å². The summed E-state index contributed by atoms with van der Waals surface area (Å²) in [6.45, 7) is 0. The highest BCUT2D eigenvalue weighted by Crippen LogP contribution is 2.24. The molecule has 0 radical (unpaired) electrons. The number of rotatable bonds is 3. The van der Waals surface area contributed by atoms with E-state index in [1.54, 1.807) is 24.3 Å². The zero-order valence-corrected chi connectivity index (χ0v) is 9.71. The van der Waals surface area contributed by atoms with Gasteiger partial charge < -0.3 is 0 Å². The first kappa shape index (κ1) is 11.3. The Balaban J connectivity index is 2.51. The lowest BCUT2D eigenvalue weighted by Crippen LogP contribution is -2.07. The Morgan fingerprint density at radius 2 is 1.18 bits per heavy atom. The quantitative estimate of drug-likeness (QED) is 0.782. The summed E-state index contributed by atoms with van der Waals surface area (Å²) in [6, 6.07) is 18.2. The second-order valence-corrected chi connectivity index (χ2v) is 3.88.